The predicted molar refractivity (Wildman–Crippen MR) is 67.5 cm³/mol. The average molecular weight is 286 g/mol. The Morgan fingerprint density at radius 3 is 2.50 bits per heavy atom. The summed E-state index contributed by atoms with van der Waals surface area (Å²) in [4.78, 5) is 10.9. The summed E-state index contributed by atoms with van der Waals surface area (Å²) in [5, 5.41) is 0. The number of rotatable bonds is 4. The zero-order chi connectivity index (χ0) is 12.3. The molecule has 1 amide bonds. The maximum Gasteiger partial charge on any atom is 0.258 e. The van der Waals surface area contributed by atoms with Crippen molar-refractivity contribution in [2.45, 2.75) is 32.8 Å². The first-order valence-electron chi connectivity index (χ1n) is 5.17. The smallest absolute Gasteiger partial charge is 0.258 e. The van der Waals surface area contributed by atoms with E-state index in [2.05, 4.69) is 29.8 Å². The normalized spacial score (nSPS) is 12.6. The molecule has 0 aliphatic heterocycles. The van der Waals surface area contributed by atoms with Gasteiger partial charge >= 0.3 is 0 Å². The molecule has 0 fully saturated rings. The molecule has 0 aliphatic rings. The molecule has 0 spiro atoms. The monoisotopic (exact) mass is 285 g/mol. The van der Waals surface area contributed by atoms with Crippen LogP contribution in [0.5, 0.6) is 5.75 Å². The Morgan fingerprint density at radius 1 is 1.38 bits per heavy atom. The molecule has 4 heteroatoms. The van der Waals surface area contributed by atoms with Crippen LogP contribution in [0.1, 0.15) is 32.3 Å². The lowest BCUT2D eigenvalue weighted by molar-refractivity contribution is -0.124. The number of halogens is 1. The summed E-state index contributed by atoms with van der Waals surface area (Å²) in [6.07, 6.45) is -0.612. The molecular weight excluding hydrogens is 270 g/mol. The third-order valence-electron chi connectivity index (χ3n) is 2.30. The van der Waals surface area contributed by atoms with E-state index < -0.39 is 12.0 Å². The number of hydrogen-bond donors (Lipinski definition) is 1. The fourth-order valence-electron chi connectivity index (χ4n) is 1.33. The van der Waals surface area contributed by atoms with Gasteiger partial charge in [0.05, 0.1) is 0 Å². The van der Waals surface area contributed by atoms with E-state index in [9.17, 15) is 4.79 Å². The van der Waals surface area contributed by atoms with Crippen molar-refractivity contribution in [1.82, 2.24) is 0 Å². The van der Waals surface area contributed by atoms with E-state index >= 15 is 0 Å². The molecule has 0 saturated heterocycles. The third-order valence-corrected chi connectivity index (χ3v) is 2.79. The molecule has 1 atom stereocenters. The van der Waals surface area contributed by atoms with Gasteiger partial charge in [-0.05, 0) is 36.6 Å². The summed E-state index contributed by atoms with van der Waals surface area (Å²) in [6, 6.07) is 5.72. The zero-order valence-electron chi connectivity index (χ0n) is 9.66. The minimum absolute atomic E-state index is 0.326. The SMILES string of the molecule is CC(Oc1ccc(Br)cc1C(C)C)C(N)=O. The van der Waals surface area contributed by atoms with Crippen LogP contribution < -0.4 is 10.5 Å². The van der Waals surface area contributed by atoms with Crippen molar-refractivity contribution in [1.29, 1.82) is 0 Å². The summed E-state index contributed by atoms with van der Waals surface area (Å²) < 4.78 is 6.52. The number of hydrogen-bond acceptors (Lipinski definition) is 2. The van der Waals surface area contributed by atoms with Crippen LogP contribution in [0, 0.1) is 0 Å². The molecule has 0 saturated carbocycles. The highest BCUT2D eigenvalue weighted by Crippen LogP contribution is 2.30. The van der Waals surface area contributed by atoms with Gasteiger partial charge in [0.25, 0.3) is 5.91 Å². The second-order valence-electron chi connectivity index (χ2n) is 4.00. The van der Waals surface area contributed by atoms with Gasteiger partial charge in [-0.1, -0.05) is 29.8 Å². The maximum atomic E-state index is 10.9. The van der Waals surface area contributed by atoms with Gasteiger partial charge in [-0.15, -0.1) is 0 Å². The topological polar surface area (TPSA) is 52.3 Å². The standard InChI is InChI=1S/C12H16BrNO2/c1-7(2)10-6-9(13)4-5-11(10)16-8(3)12(14)15/h4-8H,1-3H3,(H2,14,15). The van der Waals surface area contributed by atoms with Gasteiger partial charge in [-0.25, -0.2) is 0 Å². The highest BCUT2D eigenvalue weighted by atomic mass is 79.9. The van der Waals surface area contributed by atoms with E-state index in [1.165, 1.54) is 0 Å². The second kappa shape index (κ2) is 5.34. The van der Waals surface area contributed by atoms with Gasteiger partial charge in [-0.2, -0.15) is 0 Å². The van der Waals surface area contributed by atoms with Crippen molar-refractivity contribution in [3.63, 3.8) is 0 Å². The highest BCUT2D eigenvalue weighted by Gasteiger charge is 2.14. The molecule has 1 rings (SSSR count). The van der Waals surface area contributed by atoms with E-state index in [-0.39, 0.29) is 0 Å². The summed E-state index contributed by atoms with van der Waals surface area (Å²) >= 11 is 3.41. The highest BCUT2D eigenvalue weighted by molar-refractivity contribution is 9.10. The maximum absolute atomic E-state index is 10.9. The lowest BCUT2D eigenvalue weighted by atomic mass is 10.0. The number of nitrogens with two attached hydrogens (primary N) is 1. The first-order chi connectivity index (χ1) is 7.41. The van der Waals surface area contributed by atoms with Crippen LogP contribution in [-0.4, -0.2) is 12.0 Å². The number of carbonyl (C=O) groups is 1. The summed E-state index contributed by atoms with van der Waals surface area (Å²) in [7, 11) is 0. The summed E-state index contributed by atoms with van der Waals surface area (Å²) in [5.74, 6) is 0.578. The average Bonchev–Trinajstić information content (AvgIpc) is 2.20. The lowest BCUT2D eigenvalue weighted by Gasteiger charge is -2.17. The Balaban J connectivity index is 2.99. The Bertz CT molecular complexity index is 391. The Morgan fingerprint density at radius 2 is 2.00 bits per heavy atom. The predicted octanol–water partition coefficient (Wildman–Crippen LogP) is 2.83. The molecule has 88 valence electrons. The number of ether oxygens (including phenoxy) is 1. The van der Waals surface area contributed by atoms with Crippen LogP contribution in [0.25, 0.3) is 0 Å². The minimum Gasteiger partial charge on any atom is -0.481 e. The summed E-state index contributed by atoms with van der Waals surface area (Å²) in [5.41, 5.74) is 6.22. The van der Waals surface area contributed by atoms with E-state index in [1.54, 1.807) is 6.92 Å². The Hall–Kier alpha value is -1.03. The fraction of sp³-hybridized carbons (Fsp3) is 0.417. The molecule has 1 aromatic carbocycles. The van der Waals surface area contributed by atoms with Crippen LogP contribution in [0.4, 0.5) is 0 Å². The molecule has 0 aliphatic carbocycles. The second-order valence-corrected chi connectivity index (χ2v) is 4.91. The molecule has 0 bridgehead atoms. The van der Waals surface area contributed by atoms with E-state index in [1.807, 2.05) is 18.2 Å². The number of amides is 1. The van der Waals surface area contributed by atoms with Crippen molar-refractivity contribution in [3.05, 3.63) is 28.2 Å². The Kier molecular flexibility index (Phi) is 4.35. The van der Waals surface area contributed by atoms with Crippen LogP contribution >= 0.6 is 15.9 Å². The van der Waals surface area contributed by atoms with Crippen molar-refractivity contribution in [2.24, 2.45) is 5.73 Å². The van der Waals surface area contributed by atoms with Crippen molar-refractivity contribution in [3.8, 4) is 5.75 Å². The van der Waals surface area contributed by atoms with Crippen molar-refractivity contribution < 1.29 is 9.53 Å². The van der Waals surface area contributed by atoms with Gasteiger partial charge in [0, 0.05) is 4.47 Å². The molecular formula is C12H16BrNO2. The van der Waals surface area contributed by atoms with Gasteiger partial charge in [-0.3, -0.25) is 4.79 Å². The number of benzene rings is 1. The molecule has 1 aromatic rings. The number of primary amides is 1. The van der Waals surface area contributed by atoms with Gasteiger partial charge in [0.15, 0.2) is 6.10 Å². The van der Waals surface area contributed by atoms with Crippen LogP contribution in [0.3, 0.4) is 0 Å². The van der Waals surface area contributed by atoms with Crippen molar-refractivity contribution >= 4 is 21.8 Å². The van der Waals surface area contributed by atoms with Gasteiger partial charge in [0.1, 0.15) is 5.75 Å². The van der Waals surface area contributed by atoms with E-state index in [0.717, 1.165) is 10.0 Å². The largest absolute Gasteiger partial charge is 0.481 e. The molecule has 16 heavy (non-hydrogen) atoms. The molecule has 0 aromatic heterocycles. The van der Waals surface area contributed by atoms with Gasteiger partial charge < -0.3 is 10.5 Å². The quantitative estimate of drug-likeness (QED) is 0.925. The molecule has 1 unspecified atom stereocenters. The zero-order valence-corrected chi connectivity index (χ0v) is 11.2. The minimum atomic E-state index is -0.612. The van der Waals surface area contributed by atoms with Crippen LogP contribution in [0.15, 0.2) is 22.7 Å². The van der Waals surface area contributed by atoms with Crippen molar-refractivity contribution in [2.75, 3.05) is 0 Å². The molecule has 2 N–H and O–H groups in total. The molecule has 3 nitrogen and oxygen atoms in total. The van der Waals surface area contributed by atoms with Gasteiger partial charge in [0.2, 0.25) is 0 Å². The number of carbonyl (C=O) groups excluding carboxylic acids is 1. The first-order valence-corrected chi connectivity index (χ1v) is 5.96. The van der Waals surface area contributed by atoms with E-state index in [0.29, 0.717) is 11.7 Å². The van der Waals surface area contributed by atoms with Crippen LogP contribution in [0.2, 0.25) is 0 Å². The molecule has 0 radical (unpaired) electrons. The Labute approximate surface area is 104 Å². The fourth-order valence-corrected chi connectivity index (χ4v) is 1.71. The molecule has 0 heterocycles. The summed E-state index contributed by atoms with van der Waals surface area (Å²) in [6.45, 7) is 5.79. The first kappa shape index (κ1) is 13.0. The van der Waals surface area contributed by atoms with Crippen LogP contribution in [-0.2, 0) is 4.79 Å². The lowest BCUT2D eigenvalue weighted by Crippen LogP contribution is -2.31. The third kappa shape index (κ3) is 3.23. The van der Waals surface area contributed by atoms with E-state index in [4.69, 9.17) is 10.5 Å².